The van der Waals surface area contributed by atoms with Crippen molar-refractivity contribution in [2.24, 2.45) is 0 Å². The Kier molecular flexibility index (Phi) is 6.59. The van der Waals surface area contributed by atoms with E-state index in [1.807, 2.05) is 79.0 Å². The largest absolute Gasteiger partial charge is 0.326 e. The fourth-order valence-corrected chi connectivity index (χ4v) is 5.62. The molecule has 1 aliphatic heterocycles. The quantitative estimate of drug-likeness (QED) is 0.547. The van der Waals surface area contributed by atoms with Crippen LogP contribution in [0.3, 0.4) is 0 Å². The van der Waals surface area contributed by atoms with Crippen LogP contribution in [0.2, 0.25) is 0 Å². The van der Waals surface area contributed by atoms with Gasteiger partial charge in [-0.3, -0.25) is 9.59 Å². The van der Waals surface area contributed by atoms with E-state index in [2.05, 4.69) is 38.8 Å². The SMILES string of the molecule is O=C(CC1=C2C=C\C1=C/C=C\C=C/C=C\C=C/C=C\C2)Nc1ccc2c(c1)CC1(C2)C(=O)Nc2ncncc21. The lowest BCUT2D eigenvalue weighted by Crippen LogP contribution is -2.35. The van der Waals surface area contributed by atoms with Gasteiger partial charge in [0, 0.05) is 17.4 Å². The Morgan fingerprint density at radius 3 is 2.56 bits per heavy atom. The Hall–Kier alpha value is -4.84. The number of amides is 2. The molecule has 2 bridgehead atoms. The number of benzene rings is 1. The zero-order valence-corrected chi connectivity index (χ0v) is 21.4. The molecular weight excluding hydrogens is 484 g/mol. The number of allylic oxidation sites excluding steroid dienone is 15. The Morgan fingerprint density at radius 1 is 0.949 bits per heavy atom. The molecule has 2 N–H and O–H groups in total. The molecule has 0 saturated carbocycles. The number of nitrogens with one attached hydrogen (secondary N) is 2. The lowest BCUT2D eigenvalue weighted by atomic mass is 9.80. The van der Waals surface area contributed by atoms with Gasteiger partial charge in [-0.05, 0) is 59.2 Å². The van der Waals surface area contributed by atoms with Crippen molar-refractivity contribution in [2.45, 2.75) is 31.1 Å². The number of hydrogen-bond donors (Lipinski definition) is 2. The van der Waals surface area contributed by atoms with Crippen LogP contribution in [0.15, 0.2) is 126 Å². The molecule has 0 saturated heterocycles. The Balaban J connectivity index is 1.19. The van der Waals surface area contributed by atoms with E-state index in [4.69, 9.17) is 0 Å². The molecule has 192 valence electrons. The maximum Gasteiger partial charge on any atom is 0.237 e. The number of hydrogen-bond acceptors (Lipinski definition) is 4. The van der Waals surface area contributed by atoms with Crippen molar-refractivity contribution < 1.29 is 9.59 Å². The molecule has 1 atom stereocenters. The maximum absolute atomic E-state index is 13.2. The van der Waals surface area contributed by atoms with Gasteiger partial charge in [-0.25, -0.2) is 9.97 Å². The van der Waals surface area contributed by atoms with Crippen LogP contribution in [0.25, 0.3) is 0 Å². The monoisotopic (exact) mass is 512 g/mol. The van der Waals surface area contributed by atoms with E-state index >= 15 is 0 Å². The molecule has 0 radical (unpaired) electrons. The molecule has 1 aromatic heterocycles. The van der Waals surface area contributed by atoms with E-state index < -0.39 is 5.41 Å². The lowest BCUT2D eigenvalue weighted by Gasteiger charge is -2.19. The number of carbonyl (C=O) groups is 2. The zero-order chi connectivity index (χ0) is 26.7. The first-order valence-electron chi connectivity index (χ1n) is 13.1. The van der Waals surface area contributed by atoms with Crippen LogP contribution in [0.1, 0.15) is 29.5 Å². The summed E-state index contributed by atoms with van der Waals surface area (Å²) < 4.78 is 0. The third kappa shape index (κ3) is 4.89. The molecule has 1 spiro atoms. The molecule has 6 heteroatoms. The van der Waals surface area contributed by atoms with E-state index in [0.717, 1.165) is 45.5 Å². The summed E-state index contributed by atoms with van der Waals surface area (Å²) in [5.41, 5.74) is 6.28. The van der Waals surface area contributed by atoms with E-state index in [9.17, 15) is 9.59 Å². The average Bonchev–Trinajstić information content (AvgIpc) is 3.58. The number of aromatic nitrogens is 2. The third-order valence-corrected chi connectivity index (χ3v) is 7.54. The minimum absolute atomic E-state index is 0.0424. The van der Waals surface area contributed by atoms with Crippen LogP contribution in [0.4, 0.5) is 11.5 Å². The second-order valence-electron chi connectivity index (χ2n) is 10.0. The van der Waals surface area contributed by atoms with Crippen LogP contribution < -0.4 is 10.6 Å². The van der Waals surface area contributed by atoms with E-state index in [-0.39, 0.29) is 18.2 Å². The number of nitrogens with zero attached hydrogens (tertiary/aromatic N) is 2. The van der Waals surface area contributed by atoms with Gasteiger partial charge in [0.2, 0.25) is 11.8 Å². The molecule has 1 aromatic carbocycles. The maximum atomic E-state index is 13.2. The summed E-state index contributed by atoms with van der Waals surface area (Å²) in [6.45, 7) is 0. The van der Waals surface area contributed by atoms with Gasteiger partial charge in [0.05, 0.1) is 11.8 Å². The molecule has 2 aromatic rings. The van der Waals surface area contributed by atoms with Gasteiger partial charge < -0.3 is 10.6 Å². The van der Waals surface area contributed by atoms with Crippen molar-refractivity contribution in [2.75, 3.05) is 10.6 Å². The Labute approximate surface area is 227 Å². The van der Waals surface area contributed by atoms with Crippen molar-refractivity contribution in [3.05, 3.63) is 143 Å². The summed E-state index contributed by atoms with van der Waals surface area (Å²) in [4.78, 5) is 34.6. The van der Waals surface area contributed by atoms with E-state index in [1.54, 1.807) is 6.20 Å². The van der Waals surface area contributed by atoms with Crippen LogP contribution >= 0.6 is 0 Å². The number of rotatable bonds is 3. The summed E-state index contributed by atoms with van der Waals surface area (Å²) in [5, 5.41) is 6.00. The topological polar surface area (TPSA) is 84.0 Å². The summed E-state index contributed by atoms with van der Waals surface area (Å²) in [6, 6.07) is 5.93. The van der Waals surface area contributed by atoms with Crippen LogP contribution in [0, 0.1) is 0 Å². The summed E-state index contributed by atoms with van der Waals surface area (Å²) in [5.74, 6) is 0.479. The van der Waals surface area contributed by atoms with Gasteiger partial charge in [0.1, 0.15) is 12.1 Å². The molecule has 4 aliphatic rings. The molecule has 1 unspecified atom stereocenters. The van der Waals surface area contributed by atoms with Gasteiger partial charge >= 0.3 is 0 Å². The fraction of sp³-hybridized carbons (Fsp3) is 0.152. The van der Waals surface area contributed by atoms with Crippen molar-refractivity contribution in [1.82, 2.24) is 9.97 Å². The molecule has 3 aliphatic carbocycles. The normalized spacial score (nSPS) is 26.5. The molecular formula is C33H28N4O2. The first-order chi connectivity index (χ1) is 19.1. The average molecular weight is 513 g/mol. The molecule has 6 nitrogen and oxygen atoms in total. The molecule has 0 fully saturated rings. The summed E-state index contributed by atoms with van der Waals surface area (Å²) in [7, 11) is 0. The van der Waals surface area contributed by atoms with Gasteiger partial charge in [0.25, 0.3) is 0 Å². The van der Waals surface area contributed by atoms with Gasteiger partial charge in [-0.2, -0.15) is 0 Å². The number of anilines is 2. The second-order valence-corrected chi connectivity index (χ2v) is 10.0. The highest BCUT2D eigenvalue weighted by atomic mass is 16.2. The first-order valence-corrected chi connectivity index (χ1v) is 13.1. The molecule has 39 heavy (non-hydrogen) atoms. The number of fused-ring (bicyclic) bond motifs is 4. The van der Waals surface area contributed by atoms with Gasteiger partial charge in [-0.15, -0.1) is 0 Å². The first kappa shape index (κ1) is 24.5. The van der Waals surface area contributed by atoms with Crippen LogP contribution in [0.5, 0.6) is 0 Å². The standard InChI is InChI=1S/C33H28N4O2/c38-30(18-28-23-11-9-7-5-3-1-2-4-6-8-10-12-24(28)14-13-23)36-27-16-15-25-19-33(20-26(25)17-27)29-21-34-22-35-31(29)37-32(33)39/h1-11,13-17,21-22H,12,18-20H2,(H,36,38)(H,34,35,37,39)/b2-1-,5-3-,6-4-,9-7-,10-8-,23-11+. The highest BCUT2D eigenvalue weighted by molar-refractivity contribution is 6.06. The fourth-order valence-electron chi connectivity index (χ4n) is 5.62. The molecule has 6 rings (SSSR count). The summed E-state index contributed by atoms with van der Waals surface area (Å²) >= 11 is 0. The van der Waals surface area contributed by atoms with Gasteiger partial charge in [-0.1, -0.05) is 85.1 Å². The predicted octanol–water partition coefficient (Wildman–Crippen LogP) is 5.77. The van der Waals surface area contributed by atoms with Crippen molar-refractivity contribution in [3.63, 3.8) is 0 Å². The minimum Gasteiger partial charge on any atom is -0.326 e. The van der Waals surface area contributed by atoms with Crippen LogP contribution in [-0.2, 0) is 27.8 Å². The Bertz CT molecular complexity index is 1600. The number of carbonyl (C=O) groups excluding carboxylic acids is 2. The van der Waals surface area contributed by atoms with Crippen molar-refractivity contribution in [1.29, 1.82) is 0 Å². The third-order valence-electron chi connectivity index (χ3n) is 7.54. The van der Waals surface area contributed by atoms with E-state index in [1.165, 1.54) is 6.33 Å². The predicted molar refractivity (Wildman–Crippen MR) is 154 cm³/mol. The minimum atomic E-state index is -0.683. The Morgan fingerprint density at radius 2 is 1.72 bits per heavy atom. The molecule has 2 heterocycles. The lowest BCUT2D eigenvalue weighted by molar-refractivity contribution is -0.120. The molecule has 2 amide bonds. The highest BCUT2D eigenvalue weighted by Crippen LogP contribution is 2.46. The zero-order valence-electron chi connectivity index (χ0n) is 21.4. The highest BCUT2D eigenvalue weighted by Gasteiger charge is 2.51. The van der Waals surface area contributed by atoms with Gasteiger partial charge in [0.15, 0.2) is 0 Å². The van der Waals surface area contributed by atoms with Crippen molar-refractivity contribution in [3.8, 4) is 0 Å². The van der Waals surface area contributed by atoms with Crippen molar-refractivity contribution >= 4 is 23.3 Å². The second kappa shape index (κ2) is 10.5. The smallest absolute Gasteiger partial charge is 0.237 e. The van der Waals surface area contributed by atoms with E-state index in [0.29, 0.717) is 18.7 Å². The van der Waals surface area contributed by atoms with Crippen LogP contribution in [-0.4, -0.2) is 21.8 Å². The summed E-state index contributed by atoms with van der Waals surface area (Å²) in [6.07, 6.45) is 31.6.